The normalized spacial score (nSPS) is 21.0. The van der Waals surface area contributed by atoms with Gasteiger partial charge in [-0.2, -0.15) is 4.31 Å². The molecule has 3 aliphatic rings. The van der Waals surface area contributed by atoms with Crippen molar-refractivity contribution in [2.75, 3.05) is 39.4 Å². The molecule has 1 saturated carbocycles. The average Bonchev–Trinajstić information content (AvgIpc) is 3.45. The topological polar surface area (TPSA) is 71.1 Å². The van der Waals surface area contributed by atoms with E-state index >= 15 is 0 Å². The molecule has 2 fully saturated rings. The lowest BCUT2D eigenvalue weighted by atomic mass is 10.3. The van der Waals surface area contributed by atoms with Crippen molar-refractivity contribution in [1.82, 2.24) is 14.5 Å². The van der Waals surface area contributed by atoms with Crippen molar-refractivity contribution < 1.29 is 17.9 Å². The van der Waals surface area contributed by atoms with E-state index in [-0.39, 0.29) is 4.90 Å². The highest BCUT2D eigenvalue weighted by atomic mass is 32.2. The van der Waals surface area contributed by atoms with Crippen LogP contribution >= 0.6 is 12.2 Å². The molecule has 0 atom stereocenters. The zero-order valence-corrected chi connectivity index (χ0v) is 15.4. The number of hydrogen-bond acceptors (Lipinski definition) is 5. The Labute approximate surface area is 152 Å². The minimum atomic E-state index is -3.55. The zero-order chi connectivity index (χ0) is 17.4. The van der Waals surface area contributed by atoms with Crippen LogP contribution in [0.2, 0.25) is 0 Å². The molecule has 0 aromatic heterocycles. The molecular formula is C16H21N3O4S2. The number of thiocarbonyl (C=S) groups is 1. The molecule has 0 bridgehead atoms. The van der Waals surface area contributed by atoms with Crippen LogP contribution in [0.15, 0.2) is 23.1 Å². The highest BCUT2D eigenvalue weighted by molar-refractivity contribution is 7.89. The molecule has 2 heterocycles. The first-order chi connectivity index (χ1) is 12.0. The maximum atomic E-state index is 12.9. The fraction of sp³-hybridized carbons (Fsp3) is 0.562. The SMILES string of the molecule is O=S(=O)(c1ccc2c(c1)OCCO2)N1CCN(C(=S)NC2CC2)CC1. The van der Waals surface area contributed by atoms with Crippen molar-refractivity contribution in [2.45, 2.75) is 23.8 Å². The third kappa shape index (κ3) is 3.54. The molecule has 1 aliphatic carbocycles. The molecule has 1 N–H and O–H groups in total. The maximum Gasteiger partial charge on any atom is 0.243 e. The van der Waals surface area contributed by atoms with E-state index < -0.39 is 10.0 Å². The molecule has 2 aliphatic heterocycles. The first-order valence-corrected chi connectivity index (χ1v) is 10.3. The maximum absolute atomic E-state index is 12.9. The molecule has 1 saturated heterocycles. The van der Waals surface area contributed by atoms with Crippen LogP contribution in [0, 0.1) is 0 Å². The fourth-order valence-electron chi connectivity index (χ4n) is 2.96. The van der Waals surface area contributed by atoms with E-state index in [9.17, 15) is 8.42 Å². The molecule has 7 nitrogen and oxygen atoms in total. The standard InChI is InChI=1S/C16H21N3O4S2/c20-25(21,13-3-4-14-15(11-13)23-10-9-22-14)19-7-5-18(6-8-19)16(24)17-12-1-2-12/h3-4,11-12H,1-2,5-10H2,(H,17,24). The highest BCUT2D eigenvalue weighted by Gasteiger charge is 2.31. The number of sulfonamides is 1. The summed E-state index contributed by atoms with van der Waals surface area (Å²) in [5.74, 6) is 1.08. The van der Waals surface area contributed by atoms with E-state index in [0.717, 1.165) is 5.11 Å². The number of rotatable bonds is 3. The Morgan fingerprint density at radius 3 is 2.44 bits per heavy atom. The van der Waals surface area contributed by atoms with Crippen molar-refractivity contribution in [3.05, 3.63) is 18.2 Å². The second-order valence-electron chi connectivity index (χ2n) is 6.42. The summed E-state index contributed by atoms with van der Waals surface area (Å²) < 4.78 is 38.3. The molecule has 4 rings (SSSR count). The number of hydrogen-bond donors (Lipinski definition) is 1. The Morgan fingerprint density at radius 1 is 1.08 bits per heavy atom. The van der Waals surface area contributed by atoms with E-state index in [2.05, 4.69) is 5.32 Å². The lowest BCUT2D eigenvalue weighted by molar-refractivity contribution is 0.171. The molecule has 0 radical (unpaired) electrons. The Hall–Kier alpha value is -1.58. The van der Waals surface area contributed by atoms with Gasteiger partial charge in [0.2, 0.25) is 10.0 Å². The van der Waals surface area contributed by atoms with E-state index in [1.807, 2.05) is 4.90 Å². The largest absolute Gasteiger partial charge is 0.486 e. The first-order valence-electron chi connectivity index (χ1n) is 8.49. The van der Waals surface area contributed by atoms with Crippen molar-refractivity contribution >= 4 is 27.4 Å². The van der Waals surface area contributed by atoms with Gasteiger partial charge in [-0.25, -0.2) is 8.42 Å². The van der Waals surface area contributed by atoms with Gasteiger partial charge in [0.1, 0.15) is 13.2 Å². The van der Waals surface area contributed by atoms with Gasteiger partial charge in [-0.05, 0) is 37.2 Å². The monoisotopic (exact) mass is 383 g/mol. The first kappa shape index (κ1) is 16.9. The van der Waals surface area contributed by atoms with Gasteiger partial charge in [0.15, 0.2) is 16.6 Å². The summed E-state index contributed by atoms with van der Waals surface area (Å²) in [4.78, 5) is 2.28. The van der Waals surface area contributed by atoms with Gasteiger partial charge in [0.05, 0.1) is 4.90 Å². The predicted molar refractivity (Wildman–Crippen MR) is 96.5 cm³/mol. The van der Waals surface area contributed by atoms with Gasteiger partial charge in [0.25, 0.3) is 0 Å². The number of fused-ring (bicyclic) bond motifs is 1. The fourth-order valence-corrected chi connectivity index (χ4v) is 4.75. The van der Waals surface area contributed by atoms with Crippen molar-refractivity contribution in [3.8, 4) is 11.5 Å². The molecule has 0 amide bonds. The van der Waals surface area contributed by atoms with Gasteiger partial charge in [-0.1, -0.05) is 0 Å². The summed E-state index contributed by atoms with van der Waals surface area (Å²) in [6.07, 6.45) is 2.33. The second-order valence-corrected chi connectivity index (χ2v) is 8.74. The van der Waals surface area contributed by atoms with Gasteiger partial charge in [-0.3, -0.25) is 0 Å². The van der Waals surface area contributed by atoms with Crippen LogP contribution in [0.3, 0.4) is 0 Å². The van der Waals surface area contributed by atoms with Crippen LogP contribution in [-0.4, -0.2) is 68.2 Å². The van der Waals surface area contributed by atoms with Crippen molar-refractivity contribution in [1.29, 1.82) is 0 Å². The highest BCUT2D eigenvalue weighted by Crippen LogP contribution is 2.33. The number of nitrogens with zero attached hydrogens (tertiary/aromatic N) is 2. The summed E-state index contributed by atoms with van der Waals surface area (Å²) >= 11 is 5.40. The minimum absolute atomic E-state index is 0.240. The Bertz CT molecular complexity index is 772. The number of benzene rings is 1. The molecule has 25 heavy (non-hydrogen) atoms. The summed E-state index contributed by atoms with van der Waals surface area (Å²) in [6, 6.07) is 5.29. The summed E-state index contributed by atoms with van der Waals surface area (Å²) in [7, 11) is -3.55. The number of nitrogens with one attached hydrogen (secondary N) is 1. The van der Waals surface area contributed by atoms with Crippen molar-refractivity contribution in [3.63, 3.8) is 0 Å². The quantitative estimate of drug-likeness (QED) is 0.774. The van der Waals surface area contributed by atoms with Crippen LogP contribution < -0.4 is 14.8 Å². The van der Waals surface area contributed by atoms with E-state index in [0.29, 0.717) is 56.9 Å². The summed E-state index contributed by atoms with van der Waals surface area (Å²) in [6.45, 7) is 2.95. The molecular weight excluding hydrogens is 362 g/mol. The Morgan fingerprint density at radius 2 is 1.76 bits per heavy atom. The van der Waals surface area contributed by atoms with Gasteiger partial charge in [0, 0.05) is 38.3 Å². The van der Waals surface area contributed by atoms with E-state index in [4.69, 9.17) is 21.7 Å². The summed E-state index contributed by atoms with van der Waals surface area (Å²) in [5.41, 5.74) is 0. The molecule has 0 spiro atoms. The van der Waals surface area contributed by atoms with Crippen molar-refractivity contribution in [2.24, 2.45) is 0 Å². The number of piperazine rings is 1. The van der Waals surface area contributed by atoms with Gasteiger partial charge in [-0.15, -0.1) is 0 Å². The Kier molecular flexibility index (Phi) is 4.47. The van der Waals surface area contributed by atoms with Crippen LogP contribution in [0.4, 0.5) is 0 Å². The van der Waals surface area contributed by atoms with E-state index in [1.165, 1.54) is 17.1 Å². The second kappa shape index (κ2) is 6.62. The van der Waals surface area contributed by atoms with Crippen LogP contribution in [-0.2, 0) is 10.0 Å². The smallest absolute Gasteiger partial charge is 0.243 e. The van der Waals surface area contributed by atoms with Gasteiger partial charge >= 0.3 is 0 Å². The minimum Gasteiger partial charge on any atom is -0.486 e. The van der Waals surface area contributed by atoms with Crippen LogP contribution in [0.5, 0.6) is 11.5 Å². The molecule has 1 aromatic rings. The van der Waals surface area contributed by atoms with Crippen LogP contribution in [0.25, 0.3) is 0 Å². The lowest BCUT2D eigenvalue weighted by Gasteiger charge is -2.35. The summed E-state index contributed by atoms with van der Waals surface area (Å²) in [5, 5.41) is 4.04. The number of ether oxygens (including phenoxy) is 2. The average molecular weight is 383 g/mol. The lowest BCUT2D eigenvalue weighted by Crippen LogP contribution is -2.53. The molecule has 0 unspecified atom stereocenters. The van der Waals surface area contributed by atoms with Crippen LogP contribution in [0.1, 0.15) is 12.8 Å². The molecule has 9 heteroatoms. The van der Waals surface area contributed by atoms with Gasteiger partial charge < -0.3 is 19.7 Å². The zero-order valence-electron chi connectivity index (χ0n) is 13.8. The third-order valence-corrected chi connectivity index (χ3v) is 6.85. The third-order valence-electron chi connectivity index (χ3n) is 4.58. The molecule has 136 valence electrons. The predicted octanol–water partition coefficient (Wildman–Crippen LogP) is 0.801. The van der Waals surface area contributed by atoms with E-state index in [1.54, 1.807) is 18.2 Å². The molecule has 1 aromatic carbocycles. The Balaban J connectivity index is 1.43.